The summed E-state index contributed by atoms with van der Waals surface area (Å²) in [6.45, 7) is 13.1. The lowest BCUT2D eigenvalue weighted by Gasteiger charge is -2.33. The molecule has 1 aliphatic rings. The Morgan fingerprint density at radius 2 is 1.85 bits per heavy atom. The number of pyridine rings is 2. The van der Waals surface area contributed by atoms with Crippen molar-refractivity contribution >= 4 is 28.6 Å². The summed E-state index contributed by atoms with van der Waals surface area (Å²) in [5, 5.41) is 0.802. The average molecular weight is 538 g/mol. The van der Waals surface area contributed by atoms with Gasteiger partial charge in [0, 0.05) is 61.5 Å². The highest BCUT2D eigenvalue weighted by Gasteiger charge is 2.22. The average Bonchev–Trinajstić information content (AvgIpc) is 3.33. The van der Waals surface area contributed by atoms with E-state index in [0.29, 0.717) is 11.2 Å². The van der Waals surface area contributed by atoms with E-state index in [9.17, 15) is 9.59 Å². The van der Waals surface area contributed by atoms with Gasteiger partial charge in [-0.05, 0) is 68.8 Å². The third-order valence-electron chi connectivity index (χ3n) is 7.32. The number of nitrogens with zero attached hydrogens (tertiary/aromatic N) is 4. The zero-order valence-corrected chi connectivity index (χ0v) is 23.5. The molecule has 0 saturated carbocycles. The molecule has 1 aromatic carbocycles. The summed E-state index contributed by atoms with van der Waals surface area (Å²) in [5.74, 6) is 0.469. The van der Waals surface area contributed by atoms with Crippen molar-refractivity contribution in [2.24, 2.45) is 0 Å². The van der Waals surface area contributed by atoms with Crippen molar-refractivity contribution in [2.45, 2.75) is 33.3 Å². The number of carbonyl (C=O) groups is 2. The van der Waals surface area contributed by atoms with Gasteiger partial charge in [0.05, 0.1) is 17.4 Å². The molecule has 1 N–H and O–H groups in total. The summed E-state index contributed by atoms with van der Waals surface area (Å²) in [6.07, 6.45) is 4.77. The molecule has 0 unspecified atom stereocenters. The molecule has 206 valence electrons. The molecule has 0 spiro atoms. The molecule has 0 aliphatic carbocycles. The Bertz CT molecular complexity index is 1580. The van der Waals surface area contributed by atoms with Gasteiger partial charge in [0.2, 0.25) is 0 Å². The van der Waals surface area contributed by atoms with E-state index < -0.39 is 5.97 Å². The summed E-state index contributed by atoms with van der Waals surface area (Å²) >= 11 is 0. The van der Waals surface area contributed by atoms with Gasteiger partial charge in [-0.2, -0.15) is 0 Å². The summed E-state index contributed by atoms with van der Waals surface area (Å²) < 4.78 is 5.45. The number of aromatic amines is 1. The topological polar surface area (TPSA) is 91.4 Å². The first-order valence-electron chi connectivity index (χ1n) is 13.6. The second-order valence-electron chi connectivity index (χ2n) is 10.6. The van der Waals surface area contributed by atoms with Crippen LogP contribution in [0.1, 0.15) is 35.3 Å². The minimum Gasteiger partial charge on any atom is -0.459 e. The zero-order chi connectivity index (χ0) is 28.4. The molecule has 4 heterocycles. The Morgan fingerprint density at radius 3 is 2.58 bits per heavy atom. The number of aromatic nitrogens is 3. The first kappa shape index (κ1) is 27.3. The Kier molecular flexibility index (Phi) is 7.80. The molecule has 0 amide bonds. The maximum atomic E-state index is 12.8. The molecule has 1 aliphatic heterocycles. The largest absolute Gasteiger partial charge is 0.459 e. The van der Waals surface area contributed by atoms with Crippen LogP contribution in [0.4, 0.5) is 5.82 Å². The molecular weight excluding hydrogens is 502 g/mol. The number of allylic oxidation sites excluding steroid dienone is 1. The maximum Gasteiger partial charge on any atom is 0.339 e. The van der Waals surface area contributed by atoms with Crippen molar-refractivity contribution in [3.8, 4) is 22.4 Å². The Balaban J connectivity index is 1.67. The lowest BCUT2D eigenvalue weighted by atomic mass is 9.94. The quantitative estimate of drug-likeness (QED) is 0.244. The van der Waals surface area contributed by atoms with Gasteiger partial charge in [0.25, 0.3) is 0 Å². The van der Waals surface area contributed by atoms with Gasteiger partial charge in [0.15, 0.2) is 5.78 Å². The van der Waals surface area contributed by atoms with Crippen LogP contribution in [0.5, 0.6) is 0 Å². The van der Waals surface area contributed by atoms with Gasteiger partial charge in [-0.25, -0.2) is 14.8 Å². The van der Waals surface area contributed by atoms with Crippen LogP contribution in [0, 0.1) is 6.92 Å². The highest BCUT2D eigenvalue weighted by Crippen LogP contribution is 2.39. The third kappa shape index (κ3) is 5.67. The van der Waals surface area contributed by atoms with Gasteiger partial charge in [-0.1, -0.05) is 24.8 Å². The second-order valence-corrected chi connectivity index (χ2v) is 10.6. The molecular formula is C32H35N5O3. The van der Waals surface area contributed by atoms with E-state index in [1.807, 2.05) is 57.3 Å². The van der Waals surface area contributed by atoms with Crippen LogP contribution in [0.25, 0.3) is 33.4 Å². The highest BCUT2D eigenvalue weighted by atomic mass is 16.5. The number of hydrogen-bond acceptors (Lipinski definition) is 7. The van der Waals surface area contributed by atoms with Crippen LogP contribution < -0.4 is 4.90 Å². The van der Waals surface area contributed by atoms with E-state index in [-0.39, 0.29) is 18.3 Å². The Hall–Kier alpha value is -4.30. The number of ether oxygens (including phenoxy) is 1. The molecule has 0 radical (unpaired) electrons. The summed E-state index contributed by atoms with van der Waals surface area (Å²) in [4.78, 5) is 42.4. The summed E-state index contributed by atoms with van der Waals surface area (Å²) in [7, 11) is 2.13. The highest BCUT2D eigenvalue weighted by molar-refractivity contribution is 6.05. The van der Waals surface area contributed by atoms with Crippen molar-refractivity contribution in [1.82, 2.24) is 19.9 Å². The van der Waals surface area contributed by atoms with Gasteiger partial charge in [-0.15, -0.1) is 0 Å². The molecule has 8 nitrogen and oxygen atoms in total. The number of H-pyrrole nitrogens is 1. The number of rotatable bonds is 8. The van der Waals surface area contributed by atoms with E-state index >= 15 is 0 Å². The number of benzene rings is 1. The SMILES string of the molecule is C=CC(=O)Cc1cc(-c2c(-c3ccnc(N4CCN(C)CC4)c3)[nH]c3ncc(C(=O)OC(C)C)cc23)ccc1C. The van der Waals surface area contributed by atoms with Crippen molar-refractivity contribution in [3.05, 3.63) is 78.1 Å². The molecule has 8 heteroatoms. The van der Waals surface area contributed by atoms with E-state index in [1.165, 1.54) is 6.08 Å². The molecule has 4 aromatic rings. The number of likely N-dealkylation sites (N-methyl/N-ethyl adjacent to an activating group) is 1. The third-order valence-corrected chi connectivity index (χ3v) is 7.32. The fourth-order valence-electron chi connectivity index (χ4n) is 5.04. The van der Waals surface area contributed by atoms with Gasteiger partial charge < -0.3 is 19.5 Å². The smallest absolute Gasteiger partial charge is 0.339 e. The number of nitrogens with one attached hydrogen (secondary N) is 1. The number of esters is 1. The Morgan fingerprint density at radius 1 is 1.07 bits per heavy atom. The van der Waals surface area contributed by atoms with Gasteiger partial charge in [0.1, 0.15) is 11.5 Å². The van der Waals surface area contributed by atoms with Crippen LogP contribution >= 0.6 is 0 Å². The van der Waals surface area contributed by atoms with Crippen LogP contribution in [-0.2, 0) is 16.0 Å². The number of carbonyl (C=O) groups excluding carboxylic acids is 2. The van der Waals surface area contributed by atoms with Crippen LogP contribution in [0.2, 0.25) is 0 Å². The first-order valence-corrected chi connectivity index (χ1v) is 13.6. The fraction of sp³-hybridized carbons (Fsp3) is 0.312. The molecule has 3 aromatic heterocycles. The molecule has 1 saturated heterocycles. The van der Waals surface area contributed by atoms with E-state index in [1.54, 1.807) is 6.20 Å². The molecule has 1 fully saturated rings. The van der Waals surface area contributed by atoms with E-state index in [2.05, 4.69) is 44.4 Å². The predicted octanol–water partition coefficient (Wildman–Crippen LogP) is 5.21. The first-order chi connectivity index (χ1) is 19.2. The fourth-order valence-corrected chi connectivity index (χ4v) is 5.04. The second kappa shape index (κ2) is 11.4. The molecule has 40 heavy (non-hydrogen) atoms. The minimum atomic E-state index is -0.416. The maximum absolute atomic E-state index is 12.8. The van der Waals surface area contributed by atoms with Gasteiger partial charge in [-0.3, -0.25) is 4.79 Å². The minimum absolute atomic E-state index is 0.0364. The standard InChI is InChI=1S/C32H35N5O3/c1-6-26(38)16-24-15-22(8-7-21(24)4)29-27-17-25(32(39)40-20(2)3)19-34-31(27)35-30(29)23-9-10-33-28(18-23)37-13-11-36(5)12-14-37/h6-10,15,17-20H,1,11-14,16H2,2-5H3,(H,34,35). The van der Waals surface area contributed by atoms with Crippen molar-refractivity contribution in [1.29, 1.82) is 0 Å². The number of anilines is 1. The Labute approximate surface area is 234 Å². The zero-order valence-electron chi connectivity index (χ0n) is 23.5. The van der Waals surface area contributed by atoms with E-state index in [0.717, 1.165) is 70.9 Å². The van der Waals surface area contributed by atoms with Crippen LogP contribution in [0.3, 0.4) is 0 Å². The van der Waals surface area contributed by atoms with Crippen LogP contribution in [0.15, 0.2) is 61.4 Å². The van der Waals surface area contributed by atoms with Crippen molar-refractivity contribution in [3.63, 3.8) is 0 Å². The number of piperazine rings is 1. The lowest BCUT2D eigenvalue weighted by molar-refractivity contribution is -0.114. The van der Waals surface area contributed by atoms with Crippen LogP contribution in [-0.4, -0.2) is 70.9 Å². The monoisotopic (exact) mass is 537 g/mol. The number of fused-ring (bicyclic) bond motifs is 1. The summed E-state index contributed by atoms with van der Waals surface area (Å²) in [6, 6.07) is 12.0. The predicted molar refractivity (Wildman–Crippen MR) is 159 cm³/mol. The molecule has 0 bridgehead atoms. The molecule has 5 rings (SSSR count). The summed E-state index contributed by atoms with van der Waals surface area (Å²) in [5.41, 5.74) is 6.67. The number of hydrogen-bond donors (Lipinski definition) is 1. The van der Waals surface area contributed by atoms with Crippen molar-refractivity contribution in [2.75, 3.05) is 38.1 Å². The normalized spacial score (nSPS) is 14.1. The lowest BCUT2D eigenvalue weighted by Crippen LogP contribution is -2.44. The van der Waals surface area contributed by atoms with E-state index in [4.69, 9.17) is 4.74 Å². The number of ketones is 1. The number of aryl methyl sites for hydroxylation is 1. The van der Waals surface area contributed by atoms with Crippen molar-refractivity contribution < 1.29 is 14.3 Å². The molecule has 0 atom stereocenters. The van der Waals surface area contributed by atoms with Gasteiger partial charge >= 0.3 is 5.97 Å².